The molecule has 2 rings (SSSR count). The van der Waals surface area contributed by atoms with Crippen LogP contribution in [0.15, 0.2) is 54.6 Å². The van der Waals surface area contributed by atoms with E-state index in [4.69, 9.17) is 4.74 Å². The van der Waals surface area contributed by atoms with Gasteiger partial charge in [-0.1, -0.05) is 44.2 Å². The molecule has 0 saturated carbocycles. The van der Waals surface area contributed by atoms with E-state index in [-0.39, 0.29) is 12.0 Å². The van der Waals surface area contributed by atoms with Gasteiger partial charge in [0.25, 0.3) is 0 Å². The van der Waals surface area contributed by atoms with E-state index < -0.39 is 11.7 Å². The molecule has 0 saturated heterocycles. The van der Waals surface area contributed by atoms with E-state index in [1.807, 2.05) is 44.2 Å². The van der Waals surface area contributed by atoms with Crippen LogP contribution < -0.4 is 5.32 Å². The van der Waals surface area contributed by atoms with Crippen molar-refractivity contribution < 1.29 is 17.9 Å². The van der Waals surface area contributed by atoms with Crippen molar-refractivity contribution in [3.05, 3.63) is 65.7 Å². The highest BCUT2D eigenvalue weighted by atomic mass is 19.4. The number of ether oxygens (including phenoxy) is 1. The molecule has 130 valence electrons. The zero-order valence-electron chi connectivity index (χ0n) is 13.8. The molecule has 0 aliphatic heterocycles. The van der Waals surface area contributed by atoms with Crippen molar-refractivity contribution in [2.75, 3.05) is 11.9 Å². The van der Waals surface area contributed by atoms with E-state index in [9.17, 15) is 13.2 Å². The predicted octanol–water partition coefficient (Wildman–Crippen LogP) is 5.36. The van der Waals surface area contributed by atoms with Crippen molar-refractivity contribution >= 4 is 5.69 Å². The molecule has 0 heterocycles. The summed E-state index contributed by atoms with van der Waals surface area (Å²) >= 11 is 0. The highest BCUT2D eigenvalue weighted by Crippen LogP contribution is 2.30. The van der Waals surface area contributed by atoms with Gasteiger partial charge in [0.2, 0.25) is 0 Å². The largest absolute Gasteiger partial charge is 0.416 e. The summed E-state index contributed by atoms with van der Waals surface area (Å²) in [7, 11) is 0. The third kappa shape index (κ3) is 5.57. The van der Waals surface area contributed by atoms with Crippen molar-refractivity contribution in [3.8, 4) is 0 Å². The summed E-state index contributed by atoms with van der Waals surface area (Å²) in [5, 5.41) is 3.25. The first-order valence-electron chi connectivity index (χ1n) is 7.91. The molecule has 0 fully saturated rings. The number of benzene rings is 2. The van der Waals surface area contributed by atoms with Crippen LogP contribution in [0.1, 0.15) is 25.0 Å². The first-order chi connectivity index (χ1) is 11.4. The summed E-state index contributed by atoms with van der Waals surface area (Å²) < 4.78 is 43.5. The maximum Gasteiger partial charge on any atom is 0.416 e. The normalized spacial score (nSPS) is 13.1. The van der Waals surface area contributed by atoms with Crippen LogP contribution in [-0.4, -0.2) is 12.6 Å². The van der Waals surface area contributed by atoms with Gasteiger partial charge in [-0.05, 0) is 35.7 Å². The summed E-state index contributed by atoms with van der Waals surface area (Å²) in [4.78, 5) is 0. The number of halogens is 3. The van der Waals surface area contributed by atoms with Crippen LogP contribution in [0.3, 0.4) is 0 Å². The molecule has 0 spiro atoms. The Morgan fingerprint density at radius 1 is 0.958 bits per heavy atom. The van der Waals surface area contributed by atoms with Crippen molar-refractivity contribution in [3.63, 3.8) is 0 Å². The third-order valence-corrected chi connectivity index (χ3v) is 3.78. The second-order valence-electron chi connectivity index (χ2n) is 6.07. The molecule has 1 N–H and O–H groups in total. The highest BCUT2D eigenvalue weighted by molar-refractivity contribution is 5.46. The summed E-state index contributed by atoms with van der Waals surface area (Å²) in [5.74, 6) is 0.281. The molecule has 0 aromatic heterocycles. The molecule has 2 nitrogen and oxygen atoms in total. The van der Waals surface area contributed by atoms with Gasteiger partial charge in [0.15, 0.2) is 0 Å². The molecule has 1 unspecified atom stereocenters. The van der Waals surface area contributed by atoms with E-state index in [1.54, 1.807) is 0 Å². The van der Waals surface area contributed by atoms with Crippen molar-refractivity contribution in [1.29, 1.82) is 0 Å². The Balaban J connectivity index is 1.91. The van der Waals surface area contributed by atoms with Crippen molar-refractivity contribution in [2.24, 2.45) is 5.92 Å². The van der Waals surface area contributed by atoms with E-state index in [0.29, 0.717) is 18.9 Å². The molecular formula is C19H22F3NO. The topological polar surface area (TPSA) is 21.3 Å². The average molecular weight is 337 g/mol. The molecule has 5 heteroatoms. The number of nitrogens with one attached hydrogen (secondary N) is 1. The minimum absolute atomic E-state index is 0.0189. The smallest absolute Gasteiger partial charge is 0.380 e. The van der Waals surface area contributed by atoms with E-state index in [2.05, 4.69) is 5.32 Å². The standard InChI is InChI=1S/C19H22F3NO/c1-14(2)18(13-24-12-15-6-4-3-5-7-15)23-17-10-8-16(9-11-17)19(20,21)22/h3-11,14,18,23H,12-13H2,1-2H3. The Hall–Kier alpha value is -2.01. The van der Waals surface area contributed by atoms with Gasteiger partial charge in [-0.2, -0.15) is 13.2 Å². The van der Waals surface area contributed by atoms with Gasteiger partial charge >= 0.3 is 6.18 Å². The molecule has 2 aromatic carbocycles. The van der Waals surface area contributed by atoms with Crippen LogP contribution in [0.5, 0.6) is 0 Å². The second-order valence-corrected chi connectivity index (χ2v) is 6.07. The molecule has 2 aromatic rings. The molecule has 0 aliphatic carbocycles. The zero-order chi connectivity index (χ0) is 17.6. The Morgan fingerprint density at radius 3 is 2.12 bits per heavy atom. The van der Waals surface area contributed by atoms with Gasteiger partial charge in [0, 0.05) is 5.69 Å². The molecule has 1 atom stereocenters. The SMILES string of the molecule is CC(C)C(COCc1ccccc1)Nc1ccc(C(F)(F)F)cc1. The Kier molecular flexibility index (Phi) is 6.26. The summed E-state index contributed by atoms with van der Waals surface area (Å²) in [6, 6.07) is 15.0. The Bertz CT molecular complexity index is 609. The average Bonchev–Trinajstić information content (AvgIpc) is 2.54. The fraction of sp³-hybridized carbons (Fsp3) is 0.368. The lowest BCUT2D eigenvalue weighted by Crippen LogP contribution is -2.30. The number of rotatable bonds is 7. The fourth-order valence-electron chi connectivity index (χ4n) is 2.25. The van der Waals surface area contributed by atoms with Crippen LogP contribution >= 0.6 is 0 Å². The zero-order valence-corrected chi connectivity index (χ0v) is 13.8. The van der Waals surface area contributed by atoms with Crippen LogP contribution in [0, 0.1) is 5.92 Å². The predicted molar refractivity (Wildman–Crippen MR) is 89.8 cm³/mol. The number of anilines is 1. The highest BCUT2D eigenvalue weighted by Gasteiger charge is 2.30. The fourth-order valence-corrected chi connectivity index (χ4v) is 2.25. The van der Waals surface area contributed by atoms with Gasteiger partial charge in [-0.25, -0.2) is 0 Å². The lowest BCUT2D eigenvalue weighted by atomic mass is 10.0. The van der Waals surface area contributed by atoms with E-state index >= 15 is 0 Å². The first kappa shape index (κ1) is 18.3. The molecule has 0 bridgehead atoms. The maximum atomic E-state index is 12.6. The molecule has 0 aliphatic rings. The van der Waals surface area contributed by atoms with Gasteiger partial charge in [0.05, 0.1) is 24.8 Å². The Morgan fingerprint density at radius 2 is 1.58 bits per heavy atom. The van der Waals surface area contributed by atoms with E-state index in [1.165, 1.54) is 12.1 Å². The summed E-state index contributed by atoms with van der Waals surface area (Å²) in [6.45, 7) is 5.09. The third-order valence-electron chi connectivity index (χ3n) is 3.78. The Labute approximate surface area is 140 Å². The van der Waals surface area contributed by atoms with E-state index in [0.717, 1.165) is 17.7 Å². The first-order valence-corrected chi connectivity index (χ1v) is 7.91. The monoisotopic (exact) mass is 337 g/mol. The summed E-state index contributed by atoms with van der Waals surface area (Å²) in [6.07, 6.45) is -4.31. The van der Waals surface area contributed by atoms with Crippen LogP contribution in [0.4, 0.5) is 18.9 Å². The second kappa shape index (κ2) is 8.20. The van der Waals surface area contributed by atoms with Gasteiger partial charge in [-0.15, -0.1) is 0 Å². The lowest BCUT2D eigenvalue weighted by Gasteiger charge is -2.24. The molecule has 24 heavy (non-hydrogen) atoms. The minimum Gasteiger partial charge on any atom is -0.380 e. The number of hydrogen-bond donors (Lipinski definition) is 1. The van der Waals surface area contributed by atoms with Crippen LogP contribution in [0.2, 0.25) is 0 Å². The molecule has 0 radical (unpaired) electrons. The number of hydrogen-bond acceptors (Lipinski definition) is 2. The van der Waals surface area contributed by atoms with Crippen molar-refractivity contribution in [1.82, 2.24) is 0 Å². The number of alkyl halides is 3. The quantitative estimate of drug-likeness (QED) is 0.734. The van der Waals surface area contributed by atoms with Gasteiger partial charge < -0.3 is 10.1 Å². The van der Waals surface area contributed by atoms with Gasteiger partial charge in [-0.3, -0.25) is 0 Å². The van der Waals surface area contributed by atoms with Crippen LogP contribution in [0.25, 0.3) is 0 Å². The maximum absolute atomic E-state index is 12.6. The van der Waals surface area contributed by atoms with Crippen LogP contribution in [-0.2, 0) is 17.5 Å². The van der Waals surface area contributed by atoms with Crippen molar-refractivity contribution in [2.45, 2.75) is 32.7 Å². The lowest BCUT2D eigenvalue weighted by molar-refractivity contribution is -0.137. The molecule has 0 amide bonds. The molecular weight excluding hydrogens is 315 g/mol. The minimum atomic E-state index is -4.31. The summed E-state index contributed by atoms with van der Waals surface area (Å²) in [5.41, 5.74) is 1.11. The van der Waals surface area contributed by atoms with Gasteiger partial charge in [0.1, 0.15) is 0 Å².